The molecule has 1 aromatic carbocycles. The van der Waals surface area contributed by atoms with Gasteiger partial charge in [-0.2, -0.15) is 0 Å². The highest BCUT2D eigenvalue weighted by atomic mass is 16.5. The van der Waals surface area contributed by atoms with Gasteiger partial charge in [0, 0.05) is 11.8 Å². The quantitative estimate of drug-likeness (QED) is 0.727. The van der Waals surface area contributed by atoms with Crippen molar-refractivity contribution in [3.63, 3.8) is 0 Å². The van der Waals surface area contributed by atoms with Crippen LogP contribution in [0.25, 0.3) is 0 Å². The number of hydrogen-bond donors (Lipinski definition) is 3. The van der Waals surface area contributed by atoms with Gasteiger partial charge < -0.3 is 9.72 Å². The number of benzene rings is 1. The maximum Gasteiger partial charge on any atom is 0.286 e. The molecule has 2 rings (SSSR count). The summed E-state index contributed by atoms with van der Waals surface area (Å²) in [6.45, 7) is 0. The third-order valence-corrected chi connectivity index (χ3v) is 2.70. The molecule has 2 amide bonds. The Hall–Kier alpha value is -2.76. The van der Waals surface area contributed by atoms with Gasteiger partial charge in [-0.3, -0.25) is 20.4 Å². The number of aromatic amines is 1. The summed E-state index contributed by atoms with van der Waals surface area (Å²) in [6, 6.07) is 10.5. The number of hydrogen-bond acceptors (Lipinski definition) is 3. The number of carbonyl (C=O) groups excluding carboxylic acids is 2. The lowest BCUT2D eigenvalue weighted by Gasteiger charge is -2.09. The molecule has 1 heterocycles. The van der Waals surface area contributed by atoms with Crippen LogP contribution in [0, 0.1) is 0 Å². The second-order valence-electron chi connectivity index (χ2n) is 4.07. The van der Waals surface area contributed by atoms with Gasteiger partial charge in [0.25, 0.3) is 5.91 Å². The SMILES string of the molecule is COc1ccccc1CC(=O)NNC(=O)c1ccc[nH]1. The Balaban J connectivity index is 1.88. The standard InChI is InChI=1S/C14H15N3O3/c1-20-12-7-3-2-5-10(12)9-13(18)16-17-14(19)11-6-4-8-15-11/h2-8,15H,9H2,1H3,(H,16,18)(H,17,19). The molecule has 0 aliphatic heterocycles. The third-order valence-electron chi connectivity index (χ3n) is 2.70. The molecule has 0 radical (unpaired) electrons. The normalized spacial score (nSPS) is 9.85. The summed E-state index contributed by atoms with van der Waals surface area (Å²) < 4.78 is 5.16. The van der Waals surface area contributed by atoms with Gasteiger partial charge in [-0.15, -0.1) is 0 Å². The number of aromatic nitrogens is 1. The van der Waals surface area contributed by atoms with Crippen LogP contribution in [0.3, 0.4) is 0 Å². The van der Waals surface area contributed by atoms with E-state index in [-0.39, 0.29) is 12.3 Å². The smallest absolute Gasteiger partial charge is 0.286 e. The maximum atomic E-state index is 11.8. The molecule has 0 bridgehead atoms. The predicted octanol–water partition coefficient (Wildman–Crippen LogP) is 1.03. The van der Waals surface area contributed by atoms with E-state index in [4.69, 9.17) is 4.74 Å². The number of H-pyrrole nitrogens is 1. The fraction of sp³-hybridized carbons (Fsp3) is 0.143. The molecule has 1 aromatic heterocycles. The highest BCUT2D eigenvalue weighted by molar-refractivity contribution is 5.93. The van der Waals surface area contributed by atoms with Crippen LogP contribution in [-0.4, -0.2) is 23.9 Å². The maximum absolute atomic E-state index is 11.8. The molecule has 3 N–H and O–H groups in total. The topological polar surface area (TPSA) is 83.2 Å². The first-order valence-electron chi connectivity index (χ1n) is 6.05. The molecule has 20 heavy (non-hydrogen) atoms. The molecule has 6 nitrogen and oxygen atoms in total. The molecule has 0 saturated heterocycles. The number of methoxy groups -OCH3 is 1. The van der Waals surface area contributed by atoms with E-state index in [1.165, 1.54) is 0 Å². The van der Waals surface area contributed by atoms with Gasteiger partial charge >= 0.3 is 0 Å². The molecule has 0 atom stereocenters. The fourth-order valence-electron chi connectivity index (χ4n) is 1.73. The van der Waals surface area contributed by atoms with Crippen molar-refractivity contribution in [2.24, 2.45) is 0 Å². The second-order valence-corrected chi connectivity index (χ2v) is 4.07. The Bertz CT molecular complexity index is 593. The second kappa shape index (κ2) is 6.42. The lowest BCUT2D eigenvalue weighted by molar-refractivity contribution is -0.121. The predicted molar refractivity (Wildman–Crippen MR) is 73.1 cm³/mol. The van der Waals surface area contributed by atoms with E-state index in [1.54, 1.807) is 37.6 Å². The summed E-state index contributed by atoms with van der Waals surface area (Å²) in [4.78, 5) is 26.1. The van der Waals surface area contributed by atoms with Crippen LogP contribution < -0.4 is 15.6 Å². The number of amides is 2. The Morgan fingerprint density at radius 1 is 1.15 bits per heavy atom. The molecule has 0 aliphatic rings. The average molecular weight is 273 g/mol. The largest absolute Gasteiger partial charge is 0.496 e. The summed E-state index contributed by atoms with van der Waals surface area (Å²) >= 11 is 0. The summed E-state index contributed by atoms with van der Waals surface area (Å²) in [5.41, 5.74) is 5.82. The van der Waals surface area contributed by atoms with Crippen LogP contribution in [0.5, 0.6) is 5.75 Å². The number of para-hydroxylation sites is 1. The highest BCUT2D eigenvalue weighted by Gasteiger charge is 2.10. The molecule has 0 spiro atoms. The van der Waals surface area contributed by atoms with Gasteiger partial charge in [-0.05, 0) is 18.2 Å². The first-order valence-corrected chi connectivity index (χ1v) is 6.05. The molecule has 0 fully saturated rings. The fourth-order valence-corrected chi connectivity index (χ4v) is 1.73. The zero-order chi connectivity index (χ0) is 14.4. The van der Waals surface area contributed by atoms with E-state index in [2.05, 4.69) is 15.8 Å². The summed E-state index contributed by atoms with van der Waals surface area (Å²) in [5, 5.41) is 0. The van der Waals surface area contributed by atoms with Crippen LogP contribution in [0.4, 0.5) is 0 Å². The minimum absolute atomic E-state index is 0.120. The molecule has 0 unspecified atom stereocenters. The third kappa shape index (κ3) is 3.38. The zero-order valence-corrected chi connectivity index (χ0v) is 11.0. The number of nitrogens with one attached hydrogen (secondary N) is 3. The molecule has 104 valence electrons. The summed E-state index contributed by atoms with van der Waals surface area (Å²) in [7, 11) is 1.55. The Labute approximate surface area is 116 Å². The minimum atomic E-state index is -0.400. The van der Waals surface area contributed by atoms with Gasteiger partial charge in [0.05, 0.1) is 13.5 Å². The van der Waals surface area contributed by atoms with Crippen molar-refractivity contribution >= 4 is 11.8 Å². The van der Waals surface area contributed by atoms with E-state index >= 15 is 0 Å². The van der Waals surface area contributed by atoms with Gasteiger partial charge in [0.15, 0.2) is 0 Å². The van der Waals surface area contributed by atoms with Gasteiger partial charge in [0.2, 0.25) is 5.91 Å². The van der Waals surface area contributed by atoms with Gasteiger partial charge in [-0.25, -0.2) is 0 Å². The number of ether oxygens (including phenoxy) is 1. The number of hydrazine groups is 1. The van der Waals surface area contributed by atoms with Crippen LogP contribution in [0.1, 0.15) is 16.1 Å². The number of carbonyl (C=O) groups is 2. The first-order chi connectivity index (χ1) is 9.70. The van der Waals surface area contributed by atoms with E-state index in [9.17, 15) is 9.59 Å². The highest BCUT2D eigenvalue weighted by Crippen LogP contribution is 2.17. The van der Waals surface area contributed by atoms with E-state index < -0.39 is 5.91 Å². The molecular weight excluding hydrogens is 258 g/mol. The number of rotatable bonds is 4. The molecular formula is C14H15N3O3. The summed E-state index contributed by atoms with van der Waals surface area (Å²) in [6.07, 6.45) is 1.75. The Morgan fingerprint density at radius 3 is 2.65 bits per heavy atom. The molecule has 6 heteroatoms. The molecule has 0 aliphatic carbocycles. The molecule has 0 saturated carbocycles. The van der Waals surface area contributed by atoms with E-state index in [1.807, 2.05) is 12.1 Å². The Kier molecular flexibility index (Phi) is 4.39. The van der Waals surface area contributed by atoms with Crippen molar-refractivity contribution in [3.05, 3.63) is 53.9 Å². The lowest BCUT2D eigenvalue weighted by Crippen LogP contribution is -2.42. The monoisotopic (exact) mass is 273 g/mol. The average Bonchev–Trinajstić information content (AvgIpc) is 2.99. The first kappa shape index (κ1) is 13.7. The summed E-state index contributed by atoms with van der Waals surface area (Å²) in [5.74, 6) is -0.0869. The van der Waals surface area contributed by atoms with Crippen molar-refractivity contribution in [2.45, 2.75) is 6.42 Å². The van der Waals surface area contributed by atoms with Crippen LogP contribution in [0.2, 0.25) is 0 Å². The van der Waals surface area contributed by atoms with Crippen molar-refractivity contribution in [1.29, 1.82) is 0 Å². The minimum Gasteiger partial charge on any atom is -0.496 e. The van der Waals surface area contributed by atoms with Gasteiger partial charge in [-0.1, -0.05) is 18.2 Å². The Morgan fingerprint density at radius 2 is 1.95 bits per heavy atom. The van der Waals surface area contributed by atoms with Crippen molar-refractivity contribution < 1.29 is 14.3 Å². The van der Waals surface area contributed by atoms with Crippen LogP contribution in [-0.2, 0) is 11.2 Å². The van der Waals surface area contributed by atoms with Crippen LogP contribution >= 0.6 is 0 Å². The van der Waals surface area contributed by atoms with Crippen LogP contribution in [0.15, 0.2) is 42.6 Å². The molecule has 2 aromatic rings. The van der Waals surface area contributed by atoms with Crippen molar-refractivity contribution in [1.82, 2.24) is 15.8 Å². The van der Waals surface area contributed by atoms with E-state index in [0.717, 1.165) is 5.56 Å². The van der Waals surface area contributed by atoms with Crippen molar-refractivity contribution in [3.8, 4) is 5.75 Å². The lowest BCUT2D eigenvalue weighted by atomic mass is 10.1. The van der Waals surface area contributed by atoms with Gasteiger partial charge in [0.1, 0.15) is 11.4 Å². The zero-order valence-electron chi connectivity index (χ0n) is 11.0. The van der Waals surface area contributed by atoms with Crippen molar-refractivity contribution in [2.75, 3.05) is 7.11 Å². The van der Waals surface area contributed by atoms with E-state index in [0.29, 0.717) is 11.4 Å².